The molecule has 0 unspecified atom stereocenters. The molecule has 0 bridgehead atoms. The van der Waals surface area contributed by atoms with Crippen LogP contribution in [0.1, 0.15) is 22.8 Å². The van der Waals surface area contributed by atoms with Crippen LogP contribution in [0, 0.1) is 6.92 Å². The summed E-state index contributed by atoms with van der Waals surface area (Å²) in [6.45, 7) is 5.95. The van der Waals surface area contributed by atoms with Crippen molar-refractivity contribution in [2.45, 2.75) is 13.8 Å². The van der Waals surface area contributed by atoms with Gasteiger partial charge >= 0.3 is 0 Å². The number of nitrogens with one attached hydrogen (secondary N) is 2. The largest absolute Gasteiger partial charge is 0.385 e. The molecule has 0 aromatic heterocycles. The van der Waals surface area contributed by atoms with Gasteiger partial charge < -0.3 is 15.5 Å². The Morgan fingerprint density at radius 3 is 2.95 bits per heavy atom. The molecule has 0 atom stereocenters. The maximum Gasteiger partial charge on any atom is 0.256 e. The van der Waals surface area contributed by atoms with Gasteiger partial charge in [-0.15, -0.1) is 0 Å². The number of anilines is 1. The number of piperazine rings is 1. The van der Waals surface area contributed by atoms with Gasteiger partial charge in [0.2, 0.25) is 5.91 Å². The molecule has 0 saturated carbocycles. The monoisotopic (exact) mass is 261 g/mol. The van der Waals surface area contributed by atoms with Gasteiger partial charge in [-0.25, -0.2) is 0 Å². The van der Waals surface area contributed by atoms with Gasteiger partial charge in [0, 0.05) is 25.3 Å². The van der Waals surface area contributed by atoms with E-state index >= 15 is 0 Å². The highest BCUT2D eigenvalue weighted by molar-refractivity contribution is 6.01. The van der Waals surface area contributed by atoms with Gasteiger partial charge in [-0.1, -0.05) is 6.07 Å². The van der Waals surface area contributed by atoms with Crippen LogP contribution in [-0.4, -0.2) is 42.9 Å². The molecule has 19 heavy (non-hydrogen) atoms. The zero-order valence-corrected chi connectivity index (χ0v) is 11.3. The Morgan fingerprint density at radius 2 is 2.26 bits per heavy atom. The van der Waals surface area contributed by atoms with Crippen molar-refractivity contribution >= 4 is 17.5 Å². The van der Waals surface area contributed by atoms with E-state index in [1.54, 1.807) is 4.90 Å². The summed E-state index contributed by atoms with van der Waals surface area (Å²) in [5.41, 5.74) is 2.56. The summed E-state index contributed by atoms with van der Waals surface area (Å²) < 4.78 is 0. The predicted octanol–water partition coefficient (Wildman–Crippen LogP) is 0.999. The highest BCUT2D eigenvalue weighted by atomic mass is 16.2. The van der Waals surface area contributed by atoms with Crippen molar-refractivity contribution in [2.24, 2.45) is 0 Å². The van der Waals surface area contributed by atoms with Crippen LogP contribution in [0.25, 0.3) is 0 Å². The highest BCUT2D eigenvalue weighted by Gasteiger charge is 2.23. The van der Waals surface area contributed by atoms with E-state index in [9.17, 15) is 9.59 Å². The number of hydrogen-bond acceptors (Lipinski definition) is 3. The van der Waals surface area contributed by atoms with Crippen molar-refractivity contribution in [1.29, 1.82) is 0 Å². The molecule has 5 heteroatoms. The second-order valence-corrected chi connectivity index (χ2v) is 4.66. The first kappa shape index (κ1) is 13.4. The second-order valence-electron chi connectivity index (χ2n) is 4.66. The highest BCUT2D eigenvalue weighted by Crippen LogP contribution is 2.19. The van der Waals surface area contributed by atoms with Crippen molar-refractivity contribution in [3.8, 4) is 0 Å². The summed E-state index contributed by atoms with van der Waals surface area (Å²) in [6, 6.07) is 5.70. The molecule has 1 aromatic rings. The maximum absolute atomic E-state index is 12.5. The lowest BCUT2D eigenvalue weighted by molar-refractivity contribution is -0.123. The van der Waals surface area contributed by atoms with Crippen LogP contribution in [0.3, 0.4) is 0 Å². The molecule has 0 spiro atoms. The molecule has 102 valence electrons. The minimum absolute atomic E-state index is 0.0919. The SMILES string of the molecule is CCNc1cc(C)ccc1C(=O)N1CCNC(=O)C1. The van der Waals surface area contributed by atoms with E-state index in [0.717, 1.165) is 17.8 Å². The second kappa shape index (κ2) is 5.73. The average Bonchev–Trinajstić information content (AvgIpc) is 2.39. The number of benzene rings is 1. The summed E-state index contributed by atoms with van der Waals surface area (Å²) >= 11 is 0. The predicted molar refractivity (Wildman–Crippen MR) is 74.3 cm³/mol. The average molecular weight is 261 g/mol. The van der Waals surface area contributed by atoms with Gasteiger partial charge in [-0.2, -0.15) is 0 Å². The molecule has 1 heterocycles. The van der Waals surface area contributed by atoms with E-state index in [0.29, 0.717) is 18.7 Å². The maximum atomic E-state index is 12.5. The lowest BCUT2D eigenvalue weighted by Gasteiger charge is -2.27. The van der Waals surface area contributed by atoms with E-state index in [1.807, 2.05) is 32.0 Å². The Morgan fingerprint density at radius 1 is 1.47 bits per heavy atom. The Labute approximate surface area is 113 Å². The standard InChI is InChI=1S/C14H19N3O2/c1-3-15-12-8-10(2)4-5-11(12)14(19)17-7-6-16-13(18)9-17/h4-5,8,15H,3,6-7,9H2,1-2H3,(H,16,18). The third-order valence-corrected chi connectivity index (χ3v) is 3.10. The fourth-order valence-electron chi connectivity index (χ4n) is 2.16. The number of hydrogen-bond donors (Lipinski definition) is 2. The van der Waals surface area contributed by atoms with Gasteiger partial charge in [-0.3, -0.25) is 9.59 Å². The molecule has 1 aromatic carbocycles. The van der Waals surface area contributed by atoms with Crippen molar-refractivity contribution < 1.29 is 9.59 Å². The molecule has 2 rings (SSSR count). The number of rotatable bonds is 3. The first-order valence-corrected chi connectivity index (χ1v) is 6.52. The number of aryl methyl sites for hydroxylation is 1. The first-order chi connectivity index (χ1) is 9.11. The summed E-state index contributed by atoms with van der Waals surface area (Å²) in [6.07, 6.45) is 0. The minimum Gasteiger partial charge on any atom is -0.385 e. The zero-order valence-electron chi connectivity index (χ0n) is 11.3. The summed E-state index contributed by atoms with van der Waals surface area (Å²) in [4.78, 5) is 25.4. The minimum atomic E-state index is -0.100. The lowest BCUT2D eigenvalue weighted by Crippen LogP contribution is -2.50. The smallest absolute Gasteiger partial charge is 0.256 e. The Bertz CT molecular complexity index is 499. The van der Waals surface area contributed by atoms with Crippen LogP contribution in [0.4, 0.5) is 5.69 Å². The summed E-state index contributed by atoms with van der Waals surface area (Å²) in [5, 5.41) is 5.92. The zero-order chi connectivity index (χ0) is 13.8. The van der Waals surface area contributed by atoms with Gasteiger partial charge in [0.05, 0.1) is 12.1 Å². The van der Waals surface area contributed by atoms with Crippen LogP contribution >= 0.6 is 0 Å². The van der Waals surface area contributed by atoms with E-state index in [1.165, 1.54) is 0 Å². The van der Waals surface area contributed by atoms with Crippen LogP contribution in [0.2, 0.25) is 0 Å². The van der Waals surface area contributed by atoms with Gasteiger partial charge in [0.1, 0.15) is 0 Å². The lowest BCUT2D eigenvalue weighted by atomic mass is 10.1. The van der Waals surface area contributed by atoms with E-state index in [4.69, 9.17) is 0 Å². The Kier molecular flexibility index (Phi) is 4.04. The molecule has 1 aliphatic heterocycles. The van der Waals surface area contributed by atoms with Crippen molar-refractivity contribution in [3.05, 3.63) is 29.3 Å². The molecule has 2 amide bonds. The van der Waals surface area contributed by atoms with Crippen molar-refractivity contribution in [3.63, 3.8) is 0 Å². The van der Waals surface area contributed by atoms with Crippen LogP contribution in [0.15, 0.2) is 18.2 Å². The molecular formula is C14H19N3O2. The third-order valence-electron chi connectivity index (χ3n) is 3.10. The molecule has 2 N–H and O–H groups in total. The molecular weight excluding hydrogens is 242 g/mol. The van der Waals surface area contributed by atoms with Gasteiger partial charge in [0.15, 0.2) is 0 Å². The van der Waals surface area contributed by atoms with E-state index < -0.39 is 0 Å². The Balaban J connectivity index is 2.24. The van der Waals surface area contributed by atoms with Crippen molar-refractivity contribution in [1.82, 2.24) is 10.2 Å². The summed E-state index contributed by atoms with van der Waals surface area (Å²) in [5.74, 6) is -0.192. The third kappa shape index (κ3) is 3.05. The van der Waals surface area contributed by atoms with E-state index in [2.05, 4.69) is 10.6 Å². The van der Waals surface area contributed by atoms with Crippen LogP contribution in [0.5, 0.6) is 0 Å². The number of carbonyl (C=O) groups excluding carboxylic acids is 2. The van der Waals surface area contributed by atoms with Crippen molar-refractivity contribution in [2.75, 3.05) is 31.5 Å². The molecule has 1 fully saturated rings. The summed E-state index contributed by atoms with van der Waals surface area (Å²) in [7, 11) is 0. The number of nitrogens with zero attached hydrogens (tertiary/aromatic N) is 1. The fraction of sp³-hybridized carbons (Fsp3) is 0.429. The molecule has 5 nitrogen and oxygen atoms in total. The topological polar surface area (TPSA) is 61.4 Å². The number of carbonyl (C=O) groups is 2. The van der Waals surface area contributed by atoms with E-state index in [-0.39, 0.29) is 18.4 Å². The molecule has 1 aliphatic rings. The molecule has 0 aliphatic carbocycles. The normalized spacial score (nSPS) is 15.1. The molecule has 1 saturated heterocycles. The van der Waals surface area contributed by atoms with Gasteiger partial charge in [-0.05, 0) is 31.5 Å². The fourth-order valence-corrected chi connectivity index (χ4v) is 2.16. The van der Waals surface area contributed by atoms with Gasteiger partial charge in [0.25, 0.3) is 5.91 Å². The quantitative estimate of drug-likeness (QED) is 0.853. The molecule has 0 radical (unpaired) electrons. The van der Waals surface area contributed by atoms with Crippen LogP contribution in [-0.2, 0) is 4.79 Å². The van der Waals surface area contributed by atoms with Crippen LogP contribution < -0.4 is 10.6 Å². The number of amides is 2. The first-order valence-electron chi connectivity index (χ1n) is 6.52. The Hall–Kier alpha value is -2.04.